The van der Waals surface area contributed by atoms with Crippen LogP contribution in [-0.4, -0.2) is 29.6 Å². The molecule has 0 atom stereocenters. The highest BCUT2D eigenvalue weighted by atomic mass is 16.3. The molecule has 0 aliphatic heterocycles. The number of amides is 2. The summed E-state index contributed by atoms with van der Waals surface area (Å²) in [6.45, 7) is 3.24. The molecule has 0 bridgehead atoms. The van der Waals surface area contributed by atoms with Gasteiger partial charge >= 0.3 is 6.03 Å². The fourth-order valence-electron chi connectivity index (χ4n) is 1.31. The van der Waals surface area contributed by atoms with Gasteiger partial charge in [0.1, 0.15) is 5.75 Å². The van der Waals surface area contributed by atoms with Crippen LogP contribution < -0.4 is 5.32 Å². The predicted octanol–water partition coefficient (Wildman–Crippen LogP) is 1.94. The van der Waals surface area contributed by atoms with Gasteiger partial charge in [-0.05, 0) is 24.1 Å². The Bertz CT molecular complexity index is 335. The maximum atomic E-state index is 11.5. The summed E-state index contributed by atoms with van der Waals surface area (Å²) in [4.78, 5) is 13.2. The number of benzene rings is 1. The first kappa shape index (κ1) is 12.4. The van der Waals surface area contributed by atoms with Gasteiger partial charge in [0.15, 0.2) is 0 Å². The van der Waals surface area contributed by atoms with E-state index in [1.165, 1.54) is 0 Å². The molecule has 0 aliphatic carbocycles. The lowest BCUT2D eigenvalue weighted by molar-refractivity contribution is 0.207. The number of nitrogens with one attached hydrogen (secondary N) is 1. The van der Waals surface area contributed by atoms with Gasteiger partial charge < -0.3 is 15.3 Å². The third-order valence-electron chi connectivity index (χ3n) is 2.23. The van der Waals surface area contributed by atoms with E-state index in [1.54, 1.807) is 36.2 Å². The number of rotatable bonds is 4. The largest absolute Gasteiger partial charge is 0.508 e. The molecule has 0 heterocycles. The maximum Gasteiger partial charge on any atom is 0.317 e. The summed E-state index contributed by atoms with van der Waals surface area (Å²) >= 11 is 0. The van der Waals surface area contributed by atoms with E-state index < -0.39 is 0 Å². The minimum Gasteiger partial charge on any atom is -0.508 e. The molecule has 2 amide bonds. The molecule has 16 heavy (non-hydrogen) atoms. The van der Waals surface area contributed by atoms with Gasteiger partial charge in [0.25, 0.3) is 0 Å². The van der Waals surface area contributed by atoms with Gasteiger partial charge in [-0.15, -0.1) is 0 Å². The molecule has 4 heteroatoms. The van der Waals surface area contributed by atoms with Crippen molar-refractivity contribution in [2.24, 2.45) is 0 Å². The maximum absolute atomic E-state index is 11.5. The summed E-state index contributed by atoms with van der Waals surface area (Å²) in [5.41, 5.74) is 0.993. The van der Waals surface area contributed by atoms with Crippen LogP contribution >= 0.6 is 0 Å². The van der Waals surface area contributed by atoms with Crippen molar-refractivity contribution in [3.63, 3.8) is 0 Å². The van der Waals surface area contributed by atoms with Gasteiger partial charge in [-0.2, -0.15) is 0 Å². The second-order valence-corrected chi connectivity index (χ2v) is 3.75. The molecule has 1 aromatic carbocycles. The summed E-state index contributed by atoms with van der Waals surface area (Å²) in [7, 11) is 1.75. The molecule has 0 saturated heterocycles. The number of hydrogen-bond acceptors (Lipinski definition) is 2. The lowest BCUT2D eigenvalue weighted by Crippen LogP contribution is -2.37. The Hall–Kier alpha value is -1.71. The fraction of sp³-hybridized carbons (Fsp3) is 0.417. The number of phenols is 1. The van der Waals surface area contributed by atoms with Crippen LogP contribution in [0.25, 0.3) is 0 Å². The first-order valence-corrected chi connectivity index (χ1v) is 5.40. The Morgan fingerprint density at radius 2 is 2.00 bits per heavy atom. The van der Waals surface area contributed by atoms with Crippen LogP contribution in [0, 0.1) is 0 Å². The minimum absolute atomic E-state index is 0.0741. The third-order valence-corrected chi connectivity index (χ3v) is 2.23. The van der Waals surface area contributed by atoms with E-state index >= 15 is 0 Å². The van der Waals surface area contributed by atoms with Gasteiger partial charge in [-0.1, -0.05) is 19.1 Å². The molecule has 0 spiro atoms. The van der Waals surface area contributed by atoms with Crippen LogP contribution in [0.2, 0.25) is 0 Å². The van der Waals surface area contributed by atoms with Crippen LogP contribution in [0.4, 0.5) is 4.79 Å². The molecule has 1 rings (SSSR count). The highest BCUT2D eigenvalue weighted by Gasteiger charge is 2.07. The number of aromatic hydroxyl groups is 1. The van der Waals surface area contributed by atoms with E-state index in [2.05, 4.69) is 5.32 Å². The fourth-order valence-corrected chi connectivity index (χ4v) is 1.31. The van der Waals surface area contributed by atoms with E-state index in [9.17, 15) is 4.79 Å². The van der Waals surface area contributed by atoms with Gasteiger partial charge in [-0.3, -0.25) is 0 Å². The molecule has 4 nitrogen and oxygen atoms in total. The molecule has 0 saturated carbocycles. The molecule has 0 unspecified atom stereocenters. The Labute approximate surface area is 95.9 Å². The molecule has 0 aliphatic rings. The quantitative estimate of drug-likeness (QED) is 0.818. The number of hydrogen-bond donors (Lipinski definition) is 2. The first-order chi connectivity index (χ1) is 7.63. The van der Waals surface area contributed by atoms with Crippen LogP contribution in [-0.2, 0) is 6.54 Å². The molecule has 0 radical (unpaired) electrons. The average Bonchev–Trinajstić information content (AvgIpc) is 2.29. The van der Waals surface area contributed by atoms with Crippen molar-refractivity contribution >= 4 is 6.03 Å². The third kappa shape index (κ3) is 3.81. The highest BCUT2D eigenvalue weighted by molar-refractivity contribution is 5.73. The Morgan fingerprint density at radius 3 is 2.56 bits per heavy atom. The normalized spacial score (nSPS) is 9.88. The van der Waals surface area contributed by atoms with Crippen molar-refractivity contribution < 1.29 is 9.90 Å². The molecular formula is C12H18N2O2. The number of nitrogens with zero attached hydrogens (tertiary/aromatic N) is 1. The summed E-state index contributed by atoms with van der Waals surface area (Å²) in [5, 5.41) is 11.9. The number of carbonyl (C=O) groups excluding carboxylic acids is 1. The SMILES string of the molecule is CCCNC(=O)N(C)Cc1ccc(O)cc1. The molecule has 1 aromatic rings. The summed E-state index contributed by atoms with van der Waals surface area (Å²) in [6, 6.07) is 6.77. The molecule has 0 aromatic heterocycles. The van der Waals surface area contributed by atoms with Crippen LogP contribution in [0.1, 0.15) is 18.9 Å². The molecule has 0 fully saturated rings. The van der Waals surface area contributed by atoms with E-state index in [0.29, 0.717) is 13.1 Å². The van der Waals surface area contributed by atoms with Gasteiger partial charge in [-0.25, -0.2) is 4.79 Å². The van der Waals surface area contributed by atoms with E-state index in [1.807, 2.05) is 6.92 Å². The van der Waals surface area contributed by atoms with Crippen molar-refractivity contribution in [3.05, 3.63) is 29.8 Å². The van der Waals surface area contributed by atoms with Crippen LogP contribution in [0.15, 0.2) is 24.3 Å². The van der Waals surface area contributed by atoms with Crippen molar-refractivity contribution in [1.29, 1.82) is 0 Å². The molecule has 88 valence electrons. The zero-order chi connectivity index (χ0) is 12.0. The van der Waals surface area contributed by atoms with Crippen molar-refractivity contribution in [1.82, 2.24) is 10.2 Å². The minimum atomic E-state index is -0.0741. The van der Waals surface area contributed by atoms with Crippen LogP contribution in [0.3, 0.4) is 0 Å². The Morgan fingerprint density at radius 1 is 1.38 bits per heavy atom. The lowest BCUT2D eigenvalue weighted by atomic mass is 10.2. The average molecular weight is 222 g/mol. The molecular weight excluding hydrogens is 204 g/mol. The van der Waals surface area contributed by atoms with Gasteiger partial charge in [0.05, 0.1) is 0 Å². The monoisotopic (exact) mass is 222 g/mol. The zero-order valence-corrected chi connectivity index (χ0v) is 9.73. The zero-order valence-electron chi connectivity index (χ0n) is 9.73. The topological polar surface area (TPSA) is 52.6 Å². The number of carbonyl (C=O) groups is 1. The second kappa shape index (κ2) is 6.00. The summed E-state index contributed by atoms with van der Waals surface area (Å²) < 4.78 is 0. The number of phenolic OH excluding ortho intramolecular Hbond substituents is 1. The smallest absolute Gasteiger partial charge is 0.317 e. The predicted molar refractivity (Wildman–Crippen MR) is 63.3 cm³/mol. The number of urea groups is 1. The lowest BCUT2D eigenvalue weighted by Gasteiger charge is -2.17. The van der Waals surface area contributed by atoms with Crippen molar-refractivity contribution in [2.75, 3.05) is 13.6 Å². The van der Waals surface area contributed by atoms with E-state index in [4.69, 9.17) is 5.11 Å². The summed E-state index contributed by atoms with van der Waals surface area (Å²) in [5.74, 6) is 0.238. The van der Waals surface area contributed by atoms with Crippen LogP contribution in [0.5, 0.6) is 5.75 Å². The van der Waals surface area contributed by atoms with E-state index in [0.717, 1.165) is 12.0 Å². The van der Waals surface area contributed by atoms with Crippen molar-refractivity contribution in [3.8, 4) is 5.75 Å². The van der Waals surface area contributed by atoms with E-state index in [-0.39, 0.29) is 11.8 Å². The Kier molecular flexibility index (Phi) is 4.64. The van der Waals surface area contributed by atoms with Gasteiger partial charge in [0.2, 0.25) is 0 Å². The standard InChI is InChI=1S/C12H18N2O2/c1-3-8-13-12(16)14(2)9-10-4-6-11(15)7-5-10/h4-7,15H,3,8-9H2,1-2H3,(H,13,16). The van der Waals surface area contributed by atoms with Gasteiger partial charge in [0, 0.05) is 20.1 Å². The second-order valence-electron chi connectivity index (χ2n) is 3.75. The molecule has 2 N–H and O–H groups in total. The Balaban J connectivity index is 2.47. The first-order valence-electron chi connectivity index (χ1n) is 5.40. The summed E-state index contributed by atoms with van der Waals surface area (Å²) in [6.07, 6.45) is 0.929. The highest BCUT2D eigenvalue weighted by Crippen LogP contribution is 2.10. The van der Waals surface area contributed by atoms with Crippen molar-refractivity contribution in [2.45, 2.75) is 19.9 Å².